The molecule has 0 unspecified atom stereocenters. The average molecular weight is 352 g/mol. The minimum absolute atomic E-state index is 0.0972. The highest BCUT2D eigenvalue weighted by atomic mass is 35.5. The number of hydrogen-bond acceptors (Lipinski definition) is 5. The smallest absolute Gasteiger partial charge is 0.278 e. The maximum absolute atomic E-state index is 13.9. The standard InChI is InChI=1S/C16H15ClFN3O3/c1-23-14-15(20-7-6-19-14)24-10-5-8-21(9-10)16(22)13-11(17)3-2-4-12(13)18/h2-4,6-7,10H,5,8-9H2,1H3/t10-/m1/s1. The number of carbonyl (C=O) groups excluding carboxylic acids is 1. The maximum Gasteiger partial charge on any atom is 0.278 e. The third kappa shape index (κ3) is 3.26. The van der Waals surface area contributed by atoms with Crippen LogP contribution in [0.4, 0.5) is 4.39 Å². The monoisotopic (exact) mass is 351 g/mol. The molecule has 1 aromatic carbocycles. The summed E-state index contributed by atoms with van der Waals surface area (Å²) in [6.45, 7) is 0.750. The van der Waals surface area contributed by atoms with Crippen LogP contribution in [0.15, 0.2) is 30.6 Å². The summed E-state index contributed by atoms with van der Waals surface area (Å²) in [5.74, 6) is -0.537. The van der Waals surface area contributed by atoms with Crippen LogP contribution in [0.25, 0.3) is 0 Å². The summed E-state index contributed by atoms with van der Waals surface area (Å²) in [6.07, 6.45) is 3.31. The topological polar surface area (TPSA) is 64.6 Å². The van der Waals surface area contributed by atoms with E-state index in [0.717, 1.165) is 0 Å². The average Bonchev–Trinajstić information content (AvgIpc) is 3.03. The first-order valence-corrected chi connectivity index (χ1v) is 7.73. The first kappa shape index (κ1) is 16.4. The number of methoxy groups -OCH3 is 1. The lowest BCUT2D eigenvalue weighted by molar-refractivity contribution is 0.0765. The van der Waals surface area contributed by atoms with Gasteiger partial charge in [-0.25, -0.2) is 14.4 Å². The Bertz CT molecular complexity index is 739. The SMILES string of the molecule is COc1nccnc1O[C@@H]1CCN(C(=O)c2c(F)cccc2Cl)C1. The molecule has 1 aliphatic heterocycles. The molecule has 0 saturated carbocycles. The molecule has 3 rings (SSSR count). The van der Waals surface area contributed by atoms with Gasteiger partial charge in [0.15, 0.2) is 0 Å². The summed E-state index contributed by atoms with van der Waals surface area (Å²) in [6, 6.07) is 4.17. The van der Waals surface area contributed by atoms with Gasteiger partial charge in [0, 0.05) is 25.4 Å². The summed E-state index contributed by atoms with van der Waals surface area (Å²) in [5, 5.41) is 0.0972. The van der Waals surface area contributed by atoms with Gasteiger partial charge in [-0.2, -0.15) is 0 Å². The predicted octanol–water partition coefficient (Wildman–Crippen LogP) is 2.57. The van der Waals surface area contributed by atoms with Crippen molar-refractivity contribution in [3.8, 4) is 11.8 Å². The number of halogens is 2. The molecule has 1 atom stereocenters. The van der Waals surface area contributed by atoms with E-state index in [1.807, 2.05) is 0 Å². The predicted molar refractivity (Wildman–Crippen MR) is 84.9 cm³/mol. The van der Waals surface area contributed by atoms with Crippen molar-refractivity contribution < 1.29 is 18.7 Å². The fraction of sp³-hybridized carbons (Fsp3) is 0.312. The molecule has 0 radical (unpaired) electrons. The van der Waals surface area contributed by atoms with Gasteiger partial charge in [-0.05, 0) is 12.1 Å². The molecule has 0 N–H and O–H groups in total. The van der Waals surface area contributed by atoms with E-state index >= 15 is 0 Å². The second-order valence-electron chi connectivity index (χ2n) is 5.25. The molecule has 126 valence electrons. The maximum atomic E-state index is 13.9. The molecule has 1 saturated heterocycles. The van der Waals surface area contributed by atoms with Crippen LogP contribution in [0, 0.1) is 5.82 Å². The lowest BCUT2D eigenvalue weighted by Crippen LogP contribution is -2.31. The number of ether oxygens (including phenoxy) is 2. The zero-order chi connectivity index (χ0) is 17.1. The van der Waals surface area contributed by atoms with Crippen molar-refractivity contribution in [2.24, 2.45) is 0 Å². The van der Waals surface area contributed by atoms with E-state index in [-0.39, 0.29) is 28.5 Å². The minimum atomic E-state index is -0.632. The molecule has 8 heteroatoms. The Morgan fingerprint density at radius 2 is 2.08 bits per heavy atom. The van der Waals surface area contributed by atoms with E-state index in [1.165, 1.54) is 42.6 Å². The Kier molecular flexibility index (Phi) is 4.80. The highest BCUT2D eigenvalue weighted by molar-refractivity contribution is 6.33. The fourth-order valence-corrected chi connectivity index (χ4v) is 2.80. The molecular weight excluding hydrogens is 337 g/mol. The molecule has 24 heavy (non-hydrogen) atoms. The lowest BCUT2D eigenvalue weighted by atomic mass is 10.2. The third-order valence-electron chi connectivity index (χ3n) is 3.71. The van der Waals surface area contributed by atoms with Crippen LogP contribution in [0.1, 0.15) is 16.8 Å². The van der Waals surface area contributed by atoms with Gasteiger partial charge < -0.3 is 14.4 Å². The van der Waals surface area contributed by atoms with Crippen LogP contribution in [-0.4, -0.2) is 47.1 Å². The van der Waals surface area contributed by atoms with Crippen molar-refractivity contribution in [3.63, 3.8) is 0 Å². The van der Waals surface area contributed by atoms with Crippen molar-refractivity contribution in [1.82, 2.24) is 14.9 Å². The highest BCUT2D eigenvalue weighted by Crippen LogP contribution is 2.26. The molecule has 0 bridgehead atoms. The van der Waals surface area contributed by atoms with E-state index < -0.39 is 11.7 Å². The summed E-state index contributed by atoms with van der Waals surface area (Å²) in [4.78, 5) is 22.1. The molecule has 6 nitrogen and oxygen atoms in total. The van der Waals surface area contributed by atoms with Gasteiger partial charge in [0.05, 0.1) is 24.2 Å². The molecular formula is C16H15ClFN3O3. The van der Waals surface area contributed by atoms with Crippen LogP contribution < -0.4 is 9.47 Å². The third-order valence-corrected chi connectivity index (χ3v) is 4.03. The minimum Gasteiger partial charge on any atom is -0.477 e. The van der Waals surface area contributed by atoms with Gasteiger partial charge in [-0.15, -0.1) is 0 Å². The van der Waals surface area contributed by atoms with Crippen LogP contribution in [-0.2, 0) is 0 Å². The van der Waals surface area contributed by atoms with E-state index in [2.05, 4.69) is 9.97 Å². The van der Waals surface area contributed by atoms with Crippen molar-refractivity contribution in [3.05, 3.63) is 47.0 Å². The second-order valence-corrected chi connectivity index (χ2v) is 5.65. The van der Waals surface area contributed by atoms with Gasteiger partial charge in [0.25, 0.3) is 17.7 Å². The second kappa shape index (κ2) is 7.00. The number of likely N-dealkylation sites (tertiary alicyclic amines) is 1. The molecule has 0 aliphatic carbocycles. The first-order chi connectivity index (χ1) is 11.6. The van der Waals surface area contributed by atoms with E-state index in [1.54, 1.807) is 0 Å². The molecule has 1 amide bonds. The Morgan fingerprint density at radius 1 is 1.33 bits per heavy atom. The van der Waals surface area contributed by atoms with Crippen molar-refractivity contribution in [1.29, 1.82) is 0 Å². The van der Waals surface area contributed by atoms with Gasteiger partial charge in [-0.1, -0.05) is 17.7 Å². The van der Waals surface area contributed by atoms with Crippen LogP contribution >= 0.6 is 11.6 Å². The first-order valence-electron chi connectivity index (χ1n) is 7.35. The number of nitrogens with zero attached hydrogens (tertiary/aromatic N) is 3. The fourth-order valence-electron chi connectivity index (χ4n) is 2.56. The van der Waals surface area contributed by atoms with Gasteiger partial charge >= 0.3 is 0 Å². The molecule has 1 aliphatic rings. The highest BCUT2D eigenvalue weighted by Gasteiger charge is 2.31. The zero-order valence-electron chi connectivity index (χ0n) is 12.9. The number of carbonyl (C=O) groups is 1. The van der Waals surface area contributed by atoms with Gasteiger partial charge in [0.2, 0.25) is 0 Å². The summed E-state index contributed by atoms with van der Waals surface area (Å²) < 4.78 is 24.7. The molecule has 1 aromatic heterocycles. The van der Waals surface area contributed by atoms with E-state index in [9.17, 15) is 9.18 Å². The van der Waals surface area contributed by atoms with Crippen LogP contribution in [0.3, 0.4) is 0 Å². The van der Waals surface area contributed by atoms with E-state index in [0.29, 0.717) is 19.5 Å². The zero-order valence-corrected chi connectivity index (χ0v) is 13.7. The molecule has 0 spiro atoms. The normalized spacial score (nSPS) is 17.0. The molecule has 2 heterocycles. The largest absolute Gasteiger partial charge is 0.477 e. The quantitative estimate of drug-likeness (QED) is 0.847. The van der Waals surface area contributed by atoms with Crippen molar-refractivity contribution in [2.75, 3.05) is 20.2 Å². The number of aromatic nitrogens is 2. The van der Waals surface area contributed by atoms with Crippen LogP contribution in [0.5, 0.6) is 11.8 Å². The van der Waals surface area contributed by atoms with E-state index in [4.69, 9.17) is 21.1 Å². The Labute approximate surface area is 143 Å². The van der Waals surface area contributed by atoms with Gasteiger partial charge in [-0.3, -0.25) is 4.79 Å². The Balaban J connectivity index is 1.70. The molecule has 1 fully saturated rings. The summed E-state index contributed by atoms with van der Waals surface area (Å²) >= 11 is 5.95. The lowest BCUT2D eigenvalue weighted by Gasteiger charge is -2.18. The number of hydrogen-bond donors (Lipinski definition) is 0. The Morgan fingerprint density at radius 3 is 2.79 bits per heavy atom. The molecule has 2 aromatic rings. The number of benzene rings is 1. The van der Waals surface area contributed by atoms with Crippen molar-refractivity contribution in [2.45, 2.75) is 12.5 Å². The number of rotatable bonds is 4. The van der Waals surface area contributed by atoms with Gasteiger partial charge in [0.1, 0.15) is 11.9 Å². The summed E-state index contributed by atoms with van der Waals surface area (Å²) in [7, 11) is 1.47. The van der Waals surface area contributed by atoms with Crippen LogP contribution in [0.2, 0.25) is 5.02 Å². The Hall–Kier alpha value is -2.41. The van der Waals surface area contributed by atoms with Crippen molar-refractivity contribution >= 4 is 17.5 Å². The summed E-state index contributed by atoms with van der Waals surface area (Å²) in [5.41, 5.74) is -0.114. The number of amides is 1.